The molecule has 2 saturated heterocycles. The maximum absolute atomic E-state index is 5.31. The van der Waals surface area contributed by atoms with Crippen LogP contribution in [0.3, 0.4) is 0 Å². The average molecular weight is 329 g/mol. The van der Waals surface area contributed by atoms with E-state index in [1.54, 1.807) is 7.11 Å². The third kappa shape index (κ3) is 3.34. The van der Waals surface area contributed by atoms with Gasteiger partial charge in [-0.3, -0.25) is 9.80 Å². The molecule has 3 aliphatic rings. The first-order valence-corrected chi connectivity index (χ1v) is 9.96. The van der Waals surface area contributed by atoms with Gasteiger partial charge in [0.25, 0.3) is 0 Å². The molecule has 2 atom stereocenters. The van der Waals surface area contributed by atoms with Crippen molar-refractivity contribution in [3.8, 4) is 5.75 Å². The molecule has 0 N–H and O–H groups in total. The fourth-order valence-corrected chi connectivity index (χ4v) is 5.40. The maximum Gasteiger partial charge on any atom is 0.118 e. The van der Waals surface area contributed by atoms with Gasteiger partial charge in [-0.05, 0) is 55.8 Å². The smallest absolute Gasteiger partial charge is 0.118 e. The van der Waals surface area contributed by atoms with E-state index in [4.69, 9.17) is 4.74 Å². The van der Waals surface area contributed by atoms with Gasteiger partial charge >= 0.3 is 0 Å². The van der Waals surface area contributed by atoms with Gasteiger partial charge in [-0.2, -0.15) is 0 Å². The van der Waals surface area contributed by atoms with Crippen molar-refractivity contribution in [3.05, 3.63) is 29.8 Å². The van der Waals surface area contributed by atoms with E-state index in [2.05, 4.69) is 34.1 Å². The molecule has 4 rings (SSSR count). The van der Waals surface area contributed by atoms with Crippen LogP contribution in [0.5, 0.6) is 5.75 Å². The van der Waals surface area contributed by atoms with Gasteiger partial charge in [0.1, 0.15) is 5.75 Å². The number of benzene rings is 1. The fourth-order valence-electron chi connectivity index (χ4n) is 5.40. The number of ether oxygens (including phenoxy) is 1. The zero-order chi connectivity index (χ0) is 16.4. The summed E-state index contributed by atoms with van der Waals surface area (Å²) in [5, 5.41) is 0. The van der Waals surface area contributed by atoms with Crippen LogP contribution in [0.2, 0.25) is 0 Å². The van der Waals surface area contributed by atoms with Gasteiger partial charge in [-0.15, -0.1) is 0 Å². The van der Waals surface area contributed by atoms with Gasteiger partial charge in [0.15, 0.2) is 0 Å². The van der Waals surface area contributed by atoms with Crippen LogP contribution in [0, 0.1) is 5.92 Å². The van der Waals surface area contributed by atoms with Crippen molar-refractivity contribution < 1.29 is 4.74 Å². The summed E-state index contributed by atoms with van der Waals surface area (Å²) < 4.78 is 5.31. The zero-order valence-corrected chi connectivity index (χ0v) is 15.1. The predicted octanol–water partition coefficient (Wildman–Crippen LogP) is 3.92. The summed E-state index contributed by atoms with van der Waals surface area (Å²) in [7, 11) is 1.74. The van der Waals surface area contributed by atoms with Gasteiger partial charge in [0.05, 0.1) is 7.11 Å². The van der Waals surface area contributed by atoms with Gasteiger partial charge < -0.3 is 4.74 Å². The van der Waals surface area contributed by atoms with Crippen LogP contribution in [0.25, 0.3) is 0 Å². The molecule has 1 saturated carbocycles. The van der Waals surface area contributed by atoms with Crippen LogP contribution >= 0.6 is 0 Å². The summed E-state index contributed by atoms with van der Waals surface area (Å²) >= 11 is 0. The highest BCUT2D eigenvalue weighted by molar-refractivity contribution is 5.27. The molecule has 0 spiro atoms. The van der Waals surface area contributed by atoms with Gasteiger partial charge in [-0.25, -0.2) is 0 Å². The summed E-state index contributed by atoms with van der Waals surface area (Å²) in [4.78, 5) is 5.62. The summed E-state index contributed by atoms with van der Waals surface area (Å²) in [5.41, 5.74) is 1.43. The first-order valence-electron chi connectivity index (χ1n) is 9.96. The molecular weight excluding hydrogens is 296 g/mol. The van der Waals surface area contributed by atoms with Crippen molar-refractivity contribution in [1.29, 1.82) is 0 Å². The number of hydrogen-bond donors (Lipinski definition) is 0. The van der Waals surface area contributed by atoms with Crippen LogP contribution in [0.4, 0.5) is 0 Å². The zero-order valence-electron chi connectivity index (χ0n) is 15.1. The third-order valence-corrected chi connectivity index (χ3v) is 6.58. The Hall–Kier alpha value is -1.06. The van der Waals surface area contributed by atoms with Crippen LogP contribution < -0.4 is 4.74 Å². The molecule has 0 bridgehead atoms. The molecule has 2 aliphatic heterocycles. The van der Waals surface area contributed by atoms with Crippen molar-refractivity contribution in [2.45, 2.75) is 63.6 Å². The van der Waals surface area contributed by atoms with Crippen molar-refractivity contribution in [1.82, 2.24) is 9.80 Å². The van der Waals surface area contributed by atoms with E-state index in [0.717, 1.165) is 30.3 Å². The van der Waals surface area contributed by atoms with Crippen molar-refractivity contribution in [2.75, 3.05) is 26.7 Å². The fraction of sp³-hybridized carbons (Fsp3) is 0.714. The molecule has 0 amide bonds. The molecule has 3 fully saturated rings. The van der Waals surface area contributed by atoms with E-state index in [1.165, 1.54) is 70.1 Å². The van der Waals surface area contributed by atoms with E-state index < -0.39 is 0 Å². The largest absolute Gasteiger partial charge is 0.497 e. The lowest BCUT2D eigenvalue weighted by Gasteiger charge is -2.49. The average Bonchev–Trinajstić information content (AvgIpc) is 3.11. The Kier molecular flexibility index (Phi) is 5.09. The van der Waals surface area contributed by atoms with E-state index in [0.29, 0.717) is 0 Å². The number of methoxy groups -OCH3 is 1. The molecule has 0 aromatic heterocycles. The summed E-state index contributed by atoms with van der Waals surface area (Å²) in [6, 6.07) is 10.3. The van der Waals surface area contributed by atoms with E-state index in [1.807, 2.05) is 0 Å². The highest BCUT2D eigenvalue weighted by Gasteiger charge is 2.42. The second-order valence-corrected chi connectivity index (χ2v) is 7.95. The Balaban J connectivity index is 1.52. The van der Waals surface area contributed by atoms with E-state index in [9.17, 15) is 0 Å². The van der Waals surface area contributed by atoms with Crippen molar-refractivity contribution in [2.24, 2.45) is 5.92 Å². The Morgan fingerprint density at radius 2 is 1.71 bits per heavy atom. The molecule has 0 unspecified atom stereocenters. The van der Waals surface area contributed by atoms with Gasteiger partial charge in [0.2, 0.25) is 0 Å². The lowest BCUT2D eigenvalue weighted by molar-refractivity contribution is -0.00380. The number of nitrogens with zero attached hydrogens (tertiary/aromatic N) is 2. The number of rotatable bonds is 4. The lowest BCUT2D eigenvalue weighted by Crippen LogP contribution is -2.59. The van der Waals surface area contributed by atoms with Crippen LogP contribution in [-0.4, -0.2) is 48.6 Å². The Bertz CT molecular complexity index is 523. The third-order valence-electron chi connectivity index (χ3n) is 6.58. The minimum absolute atomic E-state index is 0.781. The summed E-state index contributed by atoms with van der Waals surface area (Å²) in [5.74, 6) is 1.88. The highest BCUT2D eigenvalue weighted by atomic mass is 16.5. The predicted molar refractivity (Wildman–Crippen MR) is 98.4 cm³/mol. The quantitative estimate of drug-likeness (QED) is 0.833. The standard InChI is InChI=1S/C21H32N2O/c1-24-19-11-9-17(10-12-19)16-23-15-14-22-13-5-8-20(22)21(23)18-6-3-2-4-7-18/h9-12,18,20-21H,2-8,13-16H2,1H3/t20-,21-/m0/s1. The van der Waals surface area contributed by atoms with Crippen molar-refractivity contribution >= 4 is 0 Å². The normalized spacial score (nSPS) is 29.5. The molecule has 3 nitrogen and oxygen atoms in total. The Morgan fingerprint density at radius 3 is 2.46 bits per heavy atom. The topological polar surface area (TPSA) is 15.7 Å². The van der Waals surface area contributed by atoms with Gasteiger partial charge in [-0.1, -0.05) is 31.4 Å². The molecule has 132 valence electrons. The molecule has 3 heteroatoms. The Morgan fingerprint density at radius 1 is 0.917 bits per heavy atom. The monoisotopic (exact) mass is 328 g/mol. The molecule has 0 radical (unpaired) electrons. The minimum Gasteiger partial charge on any atom is -0.497 e. The number of piperazine rings is 1. The van der Waals surface area contributed by atoms with Crippen LogP contribution in [0.15, 0.2) is 24.3 Å². The molecule has 1 aromatic rings. The highest BCUT2D eigenvalue weighted by Crippen LogP contribution is 2.38. The molecule has 24 heavy (non-hydrogen) atoms. The number of hydrogen-bond acceptors (Lipinski definition) is 3. The second-order valence-electron chi connectivity index (χ2n) is 7.95. The summed E-state index contributed by atoms with van der Waals surface area (Å²) in [6.07, 6.45) is 10.1. The molecular formula is C21H32N2O. The van der Waals surface area contributed by atoms with E-state index in [-0.39, 0.29) is 0 Å². The second kappa shape index (κ2) is 7.45. The van der Waals surface area contributed by atoms with Crippen molar-refractivity contribution in [3.63, 3.8) is 0 Å². The maximum atomic E-state index is 5.31. The van der Waals surface area contributed by atoms with Crippen LogP contribution in [0.1, 0.15) is 50.5 Å². The minimum atomic E-state index is 0.781. The number of fused-ring (bicyclic) bond motifs is 1. The Labute approximate surface area is 147 Å². The molecule has 2 heterocycles. The van der Waals surface area contributed by atoms with E-state index >= 15 is 0 Å². The first kappa shape index (κ1) is 16.4. The molecule has 1 aliphatic carbocycles. The molecule has 1 aromatic carbocycles. The lowest BCUT2D eigenvalue weighted by atomic mass is 9.78. The van der Waals surface area contributed by atoms with Gasteiger partial charge in [0, 0.05) is 31.7 Å². The van der Waals surface area contributed by atoms with Crippen LogP contribution in [-0.2, 0) is 6.54 Å². The first-order chi connectivity index (χ1) is 11.8. The SMILES string of the molecule is COc1ccc(CN2CCN3CCC[C@H]3[C@@H]2C2CCCCC2)cc1. The summed E-state index contributed by atoms with van der Waals surface area (Å²) in [6.45, 7) is 4.95.